The van der Waals surface area contributed by atoms with E-state index in [-0.39, 0.29) is 12.1 Å². The van der Waals surface area contributed by atoms with Crippen LogP contribution in [0.4, 0.5) is 4.79 Å². The molecule has 25 heavy (non-hydrogen) atoms. The standard InChI is InChI=1S/C18H28N4O3/c1-24-10-11-25-17-6-5-14(12-19-17)13-20-18(23)21-15-7-9-22-8-3-2-4-16(15)22/h5-6,12,15-16H,2-4,7-11,13H2,1H3,(H2,20,21,23)/t15-,16-/m1/s1. The first-order valence-electron chi connectivity index (χ1n) is 9.11. The van der Waals surface area contributed by atoms with Crippen LogP contribution in [0.5, 0.6) is 5.88 Å². The number of carbonyl (C=O) groups is 1. The summed E-state index contributed by atoms with van der Waals surface area (Å²) in [5, 5.41) is 6.07. The Labute approximate surface area is 149 Å². The van der Waals surface area contributed by atoms with Crippen molar-refractivity contribution in [3.8, 4) is 5.88 Å². The molecule has 0 saturated carbocycles. The van der Waals surface area contributed by atoms with Crippen LogP contribution in [0, 0.1) is 0 Å². The van der Waals surface area contributed by atoms with Crippen molar-refractivity contribution in [1.82, 2.24) is 20.5 Å². The quantitative estimate of drug-likeness (QED) is 0.731. The number of fused-ring (bicyclic) bond motifs is 1. The number of carbonyl (C=O) groups excluding carboxylic acids is 1. The molecule has 1 aromatic rings. The van der Waals surface area contributed by atoms with E-state index in [0.717, 1.165) is 18.5 Å². The minimum atomic E-state index is -0.0992. The van der Waals surface area contributed by atoms with Crippen molar-refractivity contribution in [2.24, 2.45) is 0 Å². The van der Waals surface area contributed by atoms with Crippen LogP contribution < -0.4 is 15.4 Å². The molecule has 2 atom stereocenters. The molecule has 0 radical (unpaired) electrons. The van der Waals surface area contributed by atoms with Crippen molar-refractivity contribution < 1.29 is 14.3 Å². The number of methoxy groups -OCH3 is 1. The number of amides is 2. The Morgan fingerprint density at radius 3 is 3.00 bits per heavy atom. The number of hydrogen-bond acceptors (Lipinski definition) is 5. The summed E-state index contributed by atoms with van der Waals surface area (Å²) in [6.07, 6.45) is 6.52. The number of pyridine rings is 1. The maximum atomic E-state index is 12.2. The topological polar surface area (TPSA) is 75.7 Å². The van der Waals surface area contributed by atoms with Crippen LogP contribution in [0.25, 0.3) is 0 Å². The molecule has 2 amide bonds. The molecule has 0 unspecified atom stereocenters. The summed E-state index contributed by atoms with van der Waals surface area (Å²) in [6.45, 7) is 3.74. The van der Waals surface area contributed by atoms with E-state index in [1.807, 2.05) is 6.07 Å². The zero-order valence-electron chi connectivity index (χ0n) is 14.9. The van der Waals surface area contributed by atoms with Crippen molar-refractivity contribution in [2.75, 3.05) is 33.4 Å². The van der Waals surface area contributed by atoms with Gasteiger partial charge in [-0.05, 0) is 31.4 Å². The summed E-state index contributed by atoms with van der Waals surface area (Å²) in [5.41, 5.74) is 0.944. The first kappa shape index (κ1) is 17.9. The predicted octanol–water partition coefficient (Wildman–Crippen LogP) is 1.53. The molecule has 3 heterocycles. The van der Waals surface area contributed by atoms with Gasteiger partial charge in [0, 0.05) is 44.5 Å². The highest BCUT2D eigenvalue weighted by Gasteiger charge is 2.36. The van der Waals surface area contributed by atoms with Gasteiger partial charge in [-0.3, -0.25) is 4.90 Å². The van der Waals surface area contributed by atoms with Gasteiger partial charge in [-0.2, -0.15) is 0 Å². The van der Waals surface area contributed by atoms with Crippen LogP contribution >= 0.6 is 0 Å². The van der Waals surface area contributed by atoms with Gasteiger partial charge >= 0.3 is 6.03 Å². The molecular weight excluding hydrogens is 320 g/mol. The average Bonchev–Trinajstić information content (AvgIpc) is 3.04. The molecule has 138 valence electrons. The van der Waals surface area contributed by atoms with Gasteiger partial charge in [-0.15, -0.1) is 0 Å². The van der Waals surface area contributed by atoms with E-state index in [1.165, 1.54) is 25.8 Å². The first-order chi connectivity index (χ1) is 12.3. The van der Waals surface area contributed by atoms with E-state index < -0.39 is 0 Å². The number of rotatable bonds is 7. The third kappa shape index (κ3) is 5.06. The third-order valence-electron chi connectivity index (χ3n) is 4.96. The minimum absolute atomic E-state index is 0.0992. The Kier molecular flexibility index (Phi) is 6.47. The molecule has 7 nitrogen and oxygen atoms in total. The molecule has 2 N–H and O–H groups in total. The number of nitrogens with zero attached hydrogens (tertiary/aromatic N) is 2. The van der Waals surface area contributed by atoms with Gasteiger partial charge in [-0.25, -0.2) is 9.78 Å². The van der Waals surface area contributed by atoms with E-state index in [1.54, 1.807) is 19.4 Å². The lowest BCUT2D eigenvalue weighted by Crippen LogP contribution is -2.49. The molecule has 7 heteroatoms. The van der Waals surface area contributed by atoms with Gasteiger partial charge < -0.3 is 20.1 Å². The Morgan fingerprint density at radius 2 is 2.20 bits per heavy atom. The summed E-state index contributed by atoms with van der Waals surface area (Å²) in [5.74, 6) is 0.564. The maximum Gasteiger partial charge on any atom is 0.315 e. The van der Waals surface area contributed by atoms with E-state index in [4.69, 9.17) is 9.47 Å². The van der Waals surface area contributed by atoms with Crippen molar-refractivity contribution in [1.29, 1.82) is 0 Å². The molecular formula is C18H28N4O3. The van der Waals surface area contributed by atoms with E-state index in [2.05, 4.69) is 20.5 Å². The van der Waals surface area contributed by atoms with Crippen molar-refractivity contribution >= 4 is 6.03 Å². The fourth-order valence-electron chi connectivity index (χ4n) is 3.65. The minimum Gasteiger partial charge on any atom is -0.475 e. The van der Waals surface area contributed by atoms with E-state index >= 15 is 0 Å². The zero-order chi connectivity index (χ0) is 17.5. The second-order valence-electron chi connectivity index (χ2n) is 6.67. The Hall–Kier alpha value is -1.86. The molecule has 1 aromatic heterocycles. The SMILES string of the molecule is COCCOc1ccc(CNC(=O)N[C@@H]2CCN3CCCC[C@H]23)cn1. The summed E-state index contributed by atoms with van der Waals surface area (Å²) in [7, 11) is 1.63. The van der Waals surface area contributed by atoms with Crippen LogP contribution in [0.1, 0.15) is 31.2 Å². The number of urea groups is 1. The molecule has 0 aliphatic carbocycles. The molecule has 2 fully saturated rings. The Balaban J connectivity index is 1.40. The summed E-state index contributed by atoms with van der Waals surface area (Å²) in [4.78, 5) is 18.9. The van der Waals surface area contributed by atoms with Crippen LogP contribution in [-0.2, 0) is 11.3 Å². The number of aromatic nitrogens is 1. The lowest BCUT2D eigenvalue weighted by molar-refractivity contribution is 0.143. The Bertz CT molecular complexity index is 552. The molecule has 0 bridgehead atoms. The summed E-state index contributed by atoms with van der Waals surface area (Å²) < 4.78 is 10.4. The molecule has 0 spiro atoms. The van der Waals surface area contributed by atoms with Crippen molar-refractivity contribution in [3.05, 3.63) is 23.9 Å². The highest BCUT2D eigenvalue weighted by atomic mass is 16.5. The monoisotopic (exact) mass is 348 g/mol. The Morgan fingerprint density at radius 1 is 1.28 bits per heavy atom. The smallest absolute Gasteiger partial charge is 0.315 e. The molecule has 2 aliphatic heterocycles. The largest absolute Gasteiger partial charge is 0.475 e. The van der Waals surface area contributed by atoms with Crippen LogP contribution in [0.2, 0.25) is 0 Å². The zero-order valence-corrected chi connectivity index (χ0v) is 14.9. The maximum absolute atomic E-state index is 12.2. The van der Waals surface area contributed by atoms with Gasteiger partial charge in [-0.1, -0.05) is 12.5 Å². The van der Waals surface area contributed by atoms with Crippen LogP contribution in [-0.4, -0.2) is 61.4 Å². The van der Waals surface area contributed by atoms with Gasteiger partial charge in [0.25, 0.3) is 0 Å². The third-order valence-corrected chi connectivity index (χ3v) is 4.96. The molecule has 2 saturated heterocycles. The number of piperidine rings is 1. The molecule has 2 aliphatic rings. The van der Waals surface area contributed by atoms with Crippen molar-refractivity contribution in [2.45, 2.75) is 44.3 Å². The highest BCUT2D eigenvalue weighted by molar-refractivity contribution is 5.74. The van der Waals surface area contributed by atoms with Gasteiger partial charge in [0.05, 0.1) is 6.61 Å². The lowest BCUT2D eigenvalue weighted by atomic mass is 9.99. The van der Waals surface area contributed by atoms with Crippen LogP contribution in [0.15, 0.2) is 18.3 Å². The second kappa shape index (κ2) is 9.01. The van der Waals surface area contributed by atoms with E-state index in [9.17, 15) is 4.79 Å². The summed E-state index contributed by atoms with van der Waals surface area (Å²) in [6, 6.07) is 4.41. The van der Waals surface area contributed by atoms with Gasteiger partial charge in [0.15, 0.2) is 0 Å². The number of hydrogen-bond donors (Lipinski definition) is 2. The fraction of sp³-hybridized carbons (Fsp3) is 0.667. The molecule has 3 rings (SSSR count). The van der Waals surface area contributed by atoms with Crippen molar-refractivity contribution in [3.63, 3.8) is 0 Å². The predicted molar refractivity (Wildman–Crippen MR) is 94.6 cm³/mol. The second-order valence-corrected chi connectivity index (χ2v) is 6.67. The lowest BCUT2D eigenvalue weighted by Gasteiger charge is -2.32. The summed E-state index contributed by atoms with van der Waals surface area (Å²) >= 11 is 0. The van der Waals surface area contributed by atoms with E-state index in [0.29, 0.717) is 31.7 Å². The first-order valence-corrected chi connectivity index (χ1v) is 9.11. The van der Waals surface area contributed by atoms with Gasteiger partial charge in [0.1, 0.15) is 6.61 Å². The fourth-order valence-corrected chi connectivity index (χ4v) is 3.65. The number of ether oxygens (including phenoxy) is 2. The number of nitrogens with one attached hydrogen (secondary N) is 2. The van der Waals surface area contributed by atoms with Crippen LogP contribution in [0.3, 0.4) is 0 Å². The highest BCUT2D eigenvalue weighted by Crippen LogP contribution is 2.26. The average molecular weight is 348 g/mol. The molecule has 0 aromatic carbocycles. The van der Waals surface area contributed by atoms with Gasteiger partial charge in [0.2, 0.25) is 5.88 Å². The normalized spacial score (nSPS) is 23.1.